The van der Waals surface area contributed by atoms with Crippen LogP contribution in [0, 0.1) is 10.1 Å². The van der Waals surface area contributed by atoms with Gasteiger partial charge in [-0.25, -0.2) is 4.98 Å². The van der Waals surface area contributed by atoms with Crippen molar-refractivity contribution in [2.24, 2.45) is 0 Å². The quantitative estimate of drug-likeness (QED) is 0.600. The standard InChI is InChI=1S/C9H15N5O2/c1-4-5-13(3)8-7(14(15)16)6-11-9(10-2)12-8/h6H,4-5H2,1-3H3,(H,10,11,12). The van der Waals surface area contributed by atoms with E-state index >= 15 is 0 Å². The number of hydrogen-bond donors (Lipinski definition) is 1. The Balaban J connectivity index is 3.14. The van der Waals surface area contributed by atoms with Crippen LogP contribution >= 0.6 is 0 Å². The Hall–Kier alpha value is -1.92. The highest BCUT2D eigenvalue weighted by atomic mass is 16.6. The van der Waals surface area contributed by atoms with Gasteiger partial charge in [-0.15, -0.1) is 0 Å². The minimum atomic E-state index is -0.471. The molecule has 0 saturated carbocycles. The smallest absolute Gasteiger partial charge is 0.329 e. The third kappa shape index (κ3) is 2.56. The van der Waals surface area contributed by atoms with Gasteiger partial charge < -0.3 is 10.2 Å². The molecule has 1 aromatic heterocycles. The summed E-state index contributed by atoms with van der Waals surface area (Å²) in [4.78, 5) is 20.0. The van der Waals surface area contributed by atoms with E-state index in [2.05, 4.69) is 15.3 Å². The molecule has 0 amide bonds. The molecule has 0 aliphatic carbocycles. The second-order valence-electron chi connectivity index (χ2n) is 3.33. The number of rotatable bonds is 5. The van der Waals surface area contributed by atoms with E-state index in [4.69, 9.17) is 0 Å². The first-order valence-corrected chi connectivity index (χ1v) is 5.00. The van der Waals surface area contributed by atoms with Gasteiger partial charge in [-0.3, -0.25) is 10.1 Å². The lowest BCUT2D eigenvalue weighted by atomic mass is 10.4. The maximum Gasteiger partial charge on any atom is 0.329 e. The van der Waals surface area contributed by atoms with Gasteiger partial charge in [0.05, 0.1) is 4.92 Å². The van der Waals surface area contributed by atoms with Crippen molar-refractivity contribution in [3.63, 3.8) is 0 Å². The van der Waals surface area contributed by atoms with Crippen LogP contribution in [-0.4, -0.2) is 35.5 Å². The van der Waals surface area contributed by atoms with Gasteiger partial charge in [0.25, 0.3) is 0 Å². The third-order valence-electron chi connectivity index (χ3n) is 2.09. The molecule has 0 fully saturated rings. The lowest BCUT2D eigenvalue weighted by Crippen LogP contribution is -2.21. The molecule has 0 atom stereocenters. The average Bonchev–Trinajstić information content (AvgIpc) is 2.28. The van der Waals surface area contributed by atoms with E-state index in [1.54, 1.807) is 19.0 Å². The zero-order valence-corrected chi connectivity index (χ0v) is 9.60. The van der Waals surface area contributed by atoms with Crippen molar-refractivity contribution in [2.75, 3.05) is 30.9 Å². The zero-order chi connectivity index (χ0) is 12.1. The summed E-state index contributed by atoms with van der Waals surface area (Å²) in [6.45, 7) is 2.71. The molecule has 1 aromatic rings. The molecule has 0 saturated heterocycles. The third-order valence-corrected chi connectivity index (χ3v) is 2.09. The van der Waals surface area contributed by atoms with Crippen LogP contribution in [0.15, 0.2) is 6.20 Å². The fraction of sp³-hybridized carbons (Fsp3) is 0.556. The summed E-state index contributed by atoms with van der Waals surface area (Å²) in [5, 5.41) is 13.6. The summed E-state index contributed by atoms with van der Waals surface area (Å²) >= 11 is 0. The van der Waals surface area contributed by atoms with Crippen LogP contribution in [0.5, 0.6) is 0 Å². The van der Waals surface area contributed by atoms with Gasteiger partial charge in [0.2, 0.25) is 11.8 Å². The Labute approximate surface area is 93.7 Å². The molecule has 0 spiro atoms. The first-order valence-electron chi connectivity index (χ1n) is 5.00. The molecule has 0 aromatic carbocycles. The number of nitrogens with zero attached hydrogens (tertiary/aromatic N) is 4. The summed E-state index contributed by atoms with van der Waals surface area (Å²) in [7, 11) is 3.45. The maximum absolute atomic E-state index is 10.8. The fourth-order valence-electron chi connectivity index (χ4n) is 1.34. The summed E-state index contributed by atoms with van der Waals surface area (Å²) in [6, 6.07) is 0. The molecule has 0 aliphatic heterocycles. The molecule has 7 heteroatoms. The van der Waals surface area contributed by atoms with Gasteiger partial charge in [0, 0.05) is 20.6 Å². The van der Waals surface area contributed by atoms with E-state index in [9.17, 15) is 10.1 Å². The Bertz CT molecular complexity index is 382. The molecule has 0 aliphatic rings. The maximum atomic E-state index is 10.8. The highest BCUT2D eigenvalue weighted by Crippen LogP contribution is 2.24. The van der Waals surface area contributed by atoms with Gasteiger partial charge in [-0.1, -0.05) is 6.92 Å². The molecular formula is C9H15N5O2. The lowest BCUT2D eigenvalue weighted by Gasteiger charge is -2.16. The van der Waals surface area contributed by atoms with Crippen LogP contribution in [0.2, 0.25) is 0 Å². The van der Waals surface area contributed by atoms with Gasteiger partial charge >= 0.3 is 5.69 Å². The first kappa shape index (κ1) is 12.2. The van der Waals surface area contributed by atoms with Crippen molar-refractivity contribution in [3.05, 3.63) is 16.3 Å². The van der Waals surface area contributed by atoms with Crippen LogP contribution in [-0.2, 0) is 0 Å². The molecule has 1 heterocycles. The predicted molar refractivity (Wildman–Crippen MR) is 61.8 cm³/mol. The van der Waals surface area contributed by atoms with E-state index in [-0.39, 0.29) is 5.69 Å². The average molecular weight is 225 g/mol. The van der Waals surface area contributed by atoms with E-state index in [1.807, 2.05) is 6.92 Å². The van der Waals surface area contributed by atoms with Crippen molar-refractivity contribution in [1.29, 1.82) is 0 Å². The summed E-state index contributed by atoms with van der Waals surface area (Å²) < 4.78 is 0. The van der Waals surface area contributed by atoms with Gasteiger partial charge in [-0.2, -0.15) is 4.98 Å². The molecule has 1 rings (SSSR count). The predicted octanol–water partition coefficient (Wildman–Crippen LogP) is 1.27. The first-order chi connectivity index (χ1) is 7.60. The monoisotopic (exact) mass is 225 g/mol. The van der Waals surface area contributed by atoms with Crippen molar-refractivity contribution in [3.8, 4) is 0 Å². The van der Waals surface area contributed by atoms with Crippen molar-refractivity contribution in [1.82, 2.24) is 9.97 Å². The van der Waals surface area contributed by atoms with Crippen LogP contribution in [0.3, 0.4) is 0 Å². The van der Waals surface area contributed by atoms with Crippen molar-refractivity contribution < 1.29 is 4.92 Å². The molecular weight excluding hydrogens is 210 g/mol. The second kappa shape index (κ2) is 5.24. The normalized spacial score (nSPS) is 9.94. The number of anilines is 2. The SMILES string of the molecule is CCCN(C)c1nc(NC)ncc1[N+](=O)[O-]. The minimum absolute atomic E-state index is 0.0741. The van der Waals surface area contributed by atoms with E-state index in [0.717, 1.165) is 6.42 Å². The van der Waals surface area contributed by atoms with Crippen molar-refractivity contribution in [2.45, 2.75) is 13.3 Å². The number of aromatic nitrogens is 2. The number of nitrogens with one attached hydrogen (secondary N) is 1. The summed E-state index contributed by atoms with van der Waals surface area (Å²) in [5.74, 6) is 0.717. The van der Waals surface area contributed by atoms with Crippen LogP contribution in [0.1, 0.15) is 13.3 Å². The zero-order valence-electron chi connectivity index (χ0n) is 9.60. The Morgan fingerprint density at radius 2 is 2.31 bits per heavy atom. The molecule has 0 radical (unpaired) electrons. The van der Waals surface area contributed by atoms with Gasteiger partial charge in [0.1, 0.15) is 6.20 Å². The molecule has 0 unspecified atom stereocenters. The molecule has 7 nitrogen and oxygen atoms in total. The molecule has 0 bridgehead atoms. The van der Waals surface area contributed by atoms with E-state index in [1.165, 1.54) is 6.20 Å². The molecule has 1 N–H and O–H groups in total. The number of nitro groups is 1. The van der Waals surface area contributed by atoms with Gasteiger partial charge in [0.15, 0.2) is 0 Å². The van der Waals surface area contributed by atoms with E-state index < -0.39 is 4.92 Å². The van der Waals surface area contributed by atoms with Crippen molar-refractivity contribution >= 4 is 17.5 Å². The van der Waals surface area contributed by atoms with Crippen LogP contribution < -0.4 is 10.2 Å². The minimum Gasteiger partial charge on any atom is -0.357 e. The van der Waals surface area contributed by atoms with Crippen LogP contribution in [0.4, 0.5) is 17.5 Å². The lowest BCUT2D eigenvalue weighted by molar-refractivity contribution is -0.384. The van der Waals surface area contributed by atoms with Gasteiger partial charge in [-0.05, 0) is 6.42 Å². The summed E-state index contributed by atoms with van der Waals surface area (Å²) in [6.07, 6.45) is 2.12. The Morgan fingerprint density at radius 1 is 1.62 bits per heavy atom. The Kier molecular flexibility index (Phi) is 3.98. The fourth-order valence-corrected chi connectivity index (χ4v) is 1.34. The second-order valence-corrected chi connectivity index (χ2v) is 3.33. The van der Waals surface area contributed by atoms with Crippen LogP contribution in [0.25, 0.3) is 0 Å². The topological polar surface area (TPSA) is 84.2 Å². The molecule has 88 valence electrons. The highest BCUT2D eigenvalue weighted by Gasteiger charge is 2.19. The van der Waals surface area contributed by atoms with E-state index in [0.29, 0.717) is 18.3 Å². The molecule has 16 heavy (non-hydrogen) atoms. The summed E-state index contributed by atoms with van der Waals surface area (Å²) in [5.41, 5.74) is -0.0741. The largest absolute Gasteiger partial charge is 0.357 e. The Morgan fingerprint density at radius 3 is 2.81 bits per heavy atom. The highest BCUT2D eigenvalue weighted by molar-refractivity contribution is 5.58. The number of hydrogen-bond acceptors (Lipinski definition) is 6.